The van der Waals surface area contributed by atoms with Gasteiger partial charge in [-0.2, -0.15) is 0 Å². The van der Waals surface area contributed by atoms with E-state index in [2.05, 4.69) is 10.6 Å². The third-order valence-corrected chi connectivity index (χ3v) is 4.17. The Bertz CT molecular complexity index is 932. The molecule has 10 nitrogen and oxygen atoms in total. The zero-order chi connectivity index (χ0) is 22.1. The van der Waals surface area contributed by atoms with Gasteiger partial charge in [0, 0.05) is 38.5 Å². The number of nitro benzene ring substituents is 1. The van der Waals surface area contributed by atoms with Crippen LogP contribution in [-0.2, 0) is 20.9 Å². The number of hydrogen-bond acceptors (Lipinski definition) is 7. The first-order valence-electron chi connectivity index (χ1n) is 8.99. The second kappa shape index (κ2) is 10.6. The third-order valence-electron chi connectivity index (χ3n) is 4.17. The number of esters is 1. The van der Waals surface area contributed by atoms with Crippen molar-refractivity contribution in [2.75, 3.05) is 32.6 Å². The summed E-state index contributed by atoms with van der Waals surface area (Å²) in [6, 6.07) is 13.1. The molecule has 10 heteroatoms. The van der Waals surface area contributed by atoms with E-state index in [1.54, 1.807) is 0 Å². The van der Waals surface area contributed by atoms with Gasteiger partial charge in [0.25, 0.3) is 11.6 Å². The molecule has 0 aliphatic carbocycles. The molecule has 0 fully saturated rings. The minimum Gasteiger partial charge on any atom is -0.452 e. The molecule has 0 unspecified atom stereocenters. The average molecular weight is 414 g/mol. The molecule has 0 aliphatic rings. The topological polar surface area (TPSA) is 131 Å². The maximum atomic E-state index is 12.5. The van der Waals surface area contributed by atoms with Gasteiger partial charge in [-0.05, 0) is 11.6 Å². The predicted molar refractivity (Wildman–Crippen MR) is 109 cm³/mol. The number of nitrogens with zero attached hydrogens (tertiary/aromatic N) is 2. The summed E-state index contributed by atoms with van der Waals surface area (Å²) in [7, 11) is 2.83. The number of non-ortho nitro benzene ring substituents is 1. The van der Waals surface area contributed by atoms with Gasteiger partial charge < -0.3 is 20.3 Å². The summed E-state index contributed by atoms with van der Waals surface area (Å²) in [5.41, 5.74) is 0.930. The molecule has 0 heterocycles. The zero-order valence-corrected chi connectivity index (χ0v) is 16.6. The number of benzene rings is 2. The monoisotopic (exact) mass is 414 g/mol. The number of anilines is 1. The maximum absolute atomic E-state index is 12.5. The summed E-state index contributed by atoms with van der Waals surface area (Å²) in [4.78, 5) is 47.5. The van der Waals surface area contributed by atoms with Crippen LogP contribution >= 0.6 is 0 Å². The van der Waals surface area contributed by atoms with E-state index in [9.17, 15) is 24.5 Å². The lowest BCUT2D eigenvalue weighted by Crippen LogP contribution is -2.39. The van der Waals surface area contributed by atoms with Gasteiger partial charge in [0.15, 0.2) is 6.61 Å². The number of rotatable bonds is 9. The van der Waals surface area contributed by atoms with Gasteiger partial charge in [-0.1, -0.05) is 30.3 Å². The fraction of sp³-hybridized carbons (Fsp3) is 0.250. The zero-order valence-electron chi connectivity index (χ0n) is 16.6. The quantitative estimate of drug-likeness (QED) is 0.362. The molecule has 2 aromatic rings. The molecule has 0 bridgehead atoms. The Balaban J connectivity index is 2.11. The van der Waals surface area contributed by atoms with Gasteiger partial charge >= 0.3 is 5.97 Å². The number of carbonyl (C=O) groups excluding carboxylic acids is 3. The summed E-state index contributed by atoms with van der Waals surface area (Å²) >= 11 is 0. The van der Waals surface area contributed by atoms with Crippen LogP contribution in [0.2, 0.25) is 0 Å². The Kier molecular flexibility index (Phi) is 7.86. The highest BCUT2D eigenvalue weighted by molar-refractivity contribution is 5.97. The van der Waals surface area contributed by atoms with Crippen molar-refractivity contribution in [3.05, 3.63) is 69.8 Å². The van der Waals surface area contributed by atoms with Crippen LogP contribution in [0.4, 0.5) is 11.4 Å². The van der Waals surface area contributed by atoms with E-state index in [4.69, 9.17) is 4.74 Å². The van der Waals surface area contributed by atoms with Crippen LogP contribution in [0.3, 0.4) is 0 Å². The summed E-state index contributed by atoms with van der Waals surface area (Å²) < 4.78 is 5.03. The number of carbonyl (C=O) groups is 3. The molecule has 0 saturated carbocycles. The summed E-state index contributed by atoms with van der Waals surface area (Å²) in [5.74, 6) is -1.85. The number of amides is 2. The first kappa shape index (κ1) is 22.3. The Morgan fingerprint density at radius 1 is 1.13 bits per heavy atom. The number of hydrogen-bond donors (Lipinski definition) is 2. The first-order valence-corrected chi connectivity index (χ1v) is 8.99. The molecule has 30 heavy (non-hydrogen) atoms. The van der Waals surface area contributed by atoms with E-state index in [0.717, 1.165) is 16.5 Å². The number of nitro groups is 1. The SMILES string of the molecule is CNC(=O)CN(C)C(=O)COC(=O)c1cc([N+](=O)[O-])ccc1NCc1ccccc1. The third kappa shape index (κ3) is 6.30. The smallest absolute Gasteiger partial charge is 0.341 e. The minimum atomic E-state index is -0.893. The van der Waals surface area contributed by atoms with Gasteiger partial charge in [-0.3, -0.25) is 19.7 Å². The first-order chi connectivity index (χ1) is 14.3. The second-order valence-electron chi connectivity index (χ2n) is 6.33. The van der Waals surface area contributed by atoms with Gasteiger partial charge in [0.1, 0.15) is 0 Å². The lowest BCUT2D eigenvalue weighted by Gasteiger charge is -2.16. The fourth-order valence-electron chi connectivity index (χ4n) is 2.46. The van der Waals surface area contributed by atoms with Crippen molar-refractivity contribution < 1.29 is 24.0 Å². The maximum Gasteiger partial charge on any atom is 0.341 e. The molecule has 2 rings (SSSR count). The average Bonchev–Trinajstić information content (AvgIpc) is 2.76. The molecule has 0 saturated heterocycles. The van der Waals surface area contributed by atoms with E-state index in [1.165, 1.54) is 26.2 Å². The normalized spacial score (nSPS) is 10.1. The van der Waals surface area contributed by atoms with Crippen LogP contribution in [0.15, 0.2) is 48.5 Å². The van der Waals surface area contributed by atoms with Crippen molar-refractivity contribution in [3.63, 3.8) is 0 Å². The van der Waals surface area contributed by atoms with Crippen LogP contribution in [0, 0.1) is 10.1 Å². The van der Waals surface area contributed by atoms with Crippen LogP contribution in [0.25, 0.3) is 0 Å². The summed E-state index contributed by atoms with van der Waals surface area (Å²) in [6.45, 7) is -0.409. The molecule has 0 aliphatic heterocycles. The van der Waals surface area contributed by atoms with Crippen molar-refractivity contribution in [3.8, 4) is 0 Å². The van der Waals surface area contributed by atoms with Crippen LogP contribution in [0.5, 0.6) is 0 Å². The van der Waals surface area contributed by atoms with E-state index in [0.29, 0.717) is 12.2 Å². The Hall–Kier alpha value is -3.95. The van der Waals surface area contributed by atoms with E-state index in [1.807, 2.05) is 30.3 Å². The number of likely N-dealkylation sites (N-methyl/N-ethyl adjacent to an activating group) is 2. The lowest BCUT2D eigenvalue weighted by atomic mass is 10.1. The Morgan fingerprint density at radius 2 is 1.83 bits per heavy atom. The lowest BCUT2D eigenvalue weighted by molar-refractivity contribution is -0.384. The summed E-state index contributed by atoms with van der Waals surface area (Å²) in [5, 5.41) is 16.5. The van der Waals surface area contributed by atoms with Crippen LogP contribution < -0.4 is 10.6 Å². The van der Waals surface area contributed by atoms with Gasteiger partial charge in [-0.15, -0.1) is 0 Å². The van der Waals surface area contributed by atoms with Crippen molar-refractivity contribution in [1.29, 1.82) is 0 Å². The Labute approximate surface area is 173 Å². The largest absolute Gasteiger partial charge is 0.452 e. The van der Waals surface area contributed by atoms with Gasteiger partial charge in [0.2, 0.25) is 5.91 Å². The highest BCUT2D eigenvalue weighted by atomic mass is 16.6. The van der Waals surface area contributed by atoms with E-state index in [-0.39, 0.29) is 23.7 Å². The molecular weight excluding hydrogens is 392 g/mol. The van der Waals surface area contributed by atoms with Crippen molar-refractivity contribution >= 4 is 29.2 Å². The molecule has 0 radical (unpaired) electrons. The Morgan fingerprint density at radius 3 is 2.47 bits per heavy atom. The number of ether oxygens (including phenoxy) is 1. The van der Waals surface area contributed by atoms with Crippen molar-refractivity contribution in [1.82, 2.24) is 10.2 Å². The predicted octanol–water partition coefficient (Wildman–Crippen LogP) is 1.57. The van der Waals surface area contributed by atoms with E-state index >= 15 is 0 Å². The van der Waals surface area contributed by atoms with Crippen LogP contribution in [-0.4, -0.2) is 54.9 Å². The molecule has 0 atom stereocenters. The van der Waals surface area contributed by atoms with Crippen LogP contribution in [0.1, 0.15) is 15.9 Å². The molecule has 158 valence electrons. The molecule has 0 aromatic heterocycles. The highest BCUT2D eigenvalue weighted by Crippen LogP contribution is 2.23. The molecule has 2 N–H and O–H groups in total. The van der Waals surface area contributed by atoms with Gasteiger partial charge in [-0.25, -0.2) is 4.79 Å². The second-order valence-corrected chi connectivity index (χ2v) is 6.33. The molecule has 2 aromatic carbocycles. The molecule has 2 amide bonds. The van der Waals surface area contributed by atoms with Gasteiger partial charge in [0.05, 0.1) is 17.0 Å². The molecule has 0 spiro atoms. The molecular formula is C20H22N4O6. The van der Waals surface area contributed by atoms with Crippen molar-refractivity contribution in [2.24, 2.45) is 0 Å². The summed E-state index contributed by atoms with van der Waals surface area (Å²) in [6.07, 6.45) is 0. The fourth-order valence-corrected chi connectivity index (χ4v) is 2.46. The highest BCUT2D eigenvalue weighted by Gasteiger charge is 2.20. The van der Waals surface area contributed by atoms with E-state index < -0.39 is 23.4 Å². The number of nitrogens with one attached hydrogen (secondary N) is 2. The van der Waals surface area contributed by atoms with Crippen molar-refractivity contribution in [2.45, 2.75) is 6.54 Å². The standard InChI is InChI=1S/C20H22N4O6/c1-21-18(25)12-23(2)19(26)13-30-20(27)16-10-15(24(28)29)8-9-17(16)22-11-14-6-4-3-5-7-14/h3-10,22H,11-13H2,1-2H3,(H,21,25). The minimum absolute atomic E-state index is 0.0677.